The Morgan fingerprint density at radius 1 is 1.10 bits per heavy atom. The molecule has 3 atom stereocenters. The van der Waals surface area contributed by atoms with Crippen molar-refractivity contribution in [3.8, 4) is 0 Å². The highest BCUT2D eigenvalue weighted by molar-refractivity contribution is 5.89. The van der Waals surface area contributed by atoms with Crippen molar-refractivity contribution in [2.45, 2.75) is 84.3 Å². The van der Waals surface area contributed by atoms with Crippen LogP contribution in [0, 0.1) is 16.7 Å². The molecule has 4 rings (SSSR count). The second-order valence-electron chi connectivity index (χ2n) is 10.3. The fourth-order valence-corrected chi connectivity index (χ4v) is 6.24. The molecule has 4 heteroatoms. The Balaban J connectivity index is 1.37. The Labute approximate surface area is 176 Å². The summed E-state index contributed by atoms with van der Waals surface area (Å²) in [5, 5.41) is 3.10. The number of nitrogens with one attached hydrogen (secondary N) is 1. The summed E-state index contributed by atoms with van der Waals surface area (Å²) in [7, 11) is 0. The highest BCUT2D eigenvalue weighted by Gasteiger charge is 2.61. The molecule has 3 saturated carbocycles. The normalized spacial score (nSPS) is 31.0. The molecule has 4 nitrogen and oxygen atoms in total. The number of hydrogen-bond acceptors (Lipinski definition) is 2. The van der Waals surface area contributed by atoms with E-state index in [0.717, 1.165) is 24.4 Å². The van der Waals surface area contributed by atoms with Crippen LogP contribution in [0.3, 0.4) is 0 Å². The predicted octanol–water partition coefficient (Wildman–Crippen LogP) is 6.08. The minimum atomic E-state index is 0.0196. The lowest BCUT2D eigenvalue weighted by Gasteiger charge is -2.39. The minimum absolute atomic E-state index is 0.0196. The largest absolute Gasteiger partial charge is 0.376 e. The van der Waals surface area contributed by atoms with E-state index in [-0.39, 0.29) is 11.4 Å². The molecule has 0 spiro atoms. The van der Waals surface area contributed by atoms with E-state index in [1.54, 1.807) is 0 Å². The van der Waals surface area contributed by atoms with E-state index >= 15 is 0 Å². The Bertz CT molecular complexity index is 698. The summed E-state index contributed by atoms with van der Waals surface area (Å²) in [5.74, 6) is 0.785. The van der Waals surface area contributed by atoms with Crippen LogP contribution in [-0.4, -0.2) is 36.2 Å². The van der Waals surface area contributed by atoms with E-state index in [1.165, 1.54) is 38.5 Å². The molecule has 0 saturated heterocycles. The molecule has 3 aliphatic rings. The van der Waals surface area contributed by atoms with Crippen LogP contribution in [0.15, 0.2) is 30.3 Å². The average molecular weight is 399 g/mol. The van der Waals surface area contributed by atoms with Gasteiger partial charge in [0.1, 0.15) is 0 Å². The second kappa shape index (κ2) is 8.29. The van der Waals surface area contributed by atoms with E-state index in [1.807, 2.05) is 35.2 Å². The third-order valence-electron chi connectivity index (χ3n) is 8.67. The van der Waals surface area contributed by atoms with E-state index in [0.29, 0.717) is 30.7 Å². The summed E-state index contributed by atoms with van der Waals surface area (Å²) in [5.41, 5.74) is 1.51. The molecular formula is C25H38N2O2. The summed E-state index contributed by atoms with van der Waals surface area (Å²) < 4.78 is 6.48. The van der Waals surface area contributed by atoms with Crippen molar-refractivity contribution < 1.29 is 9.53 Å². The van der Waals surface area contributed by atoms with Crippen molar-refractivity contribution in [3.05, 3.63) is 30.3 Å². The minimum Gasteiger partial charge on any atom is -0.376 e. The van der Waals surface area contributed by atoms with Crippen LogP contribution in [0.4, 0.5) is 10.5 Å². The molecule has 2 amide bonds. The van der Waals surface area contributed by atoms with Crippen molar-refractivity contribution in [2.24, 2.45) is 16.7 Å². The van der Waals surface area contributed by atoms with Gasteiger partial charge in [-0.3, -0.25) is 0 Å². The summed E-state index contributed by atoms with van der Waals surface area (Å²) in [6.45, 7) is 8.60. The van der Waals surface area contributed by atoms with E-state index in [4.69, 9.17) is 4.74 Å². The highest BCUT2D eigenvalue weighted by atomic mass is 16.5. The quantitative estimate of drug-likeness (QED) is 0.630. The Morgan fingerprint density at radius 3 is 2.45 bits per heavy atom. The van der Waals surface area contributed by atoms with Crippen molar-refractivity contribution in [3.63, 3.8) is 0 Å². The number of fused-ring (bicyclic) bond motifs is 2. The third kappa shape index (κ3) is 3.93. The van der Waals surface area contributed by atoms with Gasteiger partial charge >= 0.3 is 6.03 Å². The number of hydrogen-bond donors (Lipinski definition) is 1. The van der Waals surface area contributed by atoms with Gasteiger partial charge in [0.05, 0.1) is 12.7 Å². The number of para-hydroxylation sites is 1. The molecule has 0 heterocycles. The first-order valence-corrected chi connectivity index (χ1v) is 11.7. The average Bonchev–Trinajstić information content (AvgIpc) is 3.06. The molecular weight excluding hydrogens is 360 g/mol. The monoisotopic (exact) mass is 398 g/mol. The Hall–Kier alpha value is -1.55. The lowest BCUT2D eigenvalue weighted by Crippen LogP contribution is -2.46. The molecule has 1 aromatic carbocycles. The zero-order valence-electron chi connectivity index (χ0n) is 18.5. The maximum Gasteiger partial charge on any atom is 0.322 e. The van der Waals surface area contributed by atoms with Crippen LogP contribution in [-0.2, 0) is 4.74 Å². The molecule has 29 heavy (non-hydrogen) atoms. The Kier molecular flexibility index (Phi) is 5.92. The zero-order valence-corrected chi connectivity index (χ0v) is 18.5. The number of ether oxygens (including phenoxy) is 1. The fraction of sp³-hybridized carbons (Fsp3) is 0.720. The molecule has 2 bridgehead atoms. The molecule has 1 N–H and O–H groups in total. The molecule has 0 aliphatic heterocycles. The third-order valence-corrected chi connectivity index (χ3v) is 8.67. The molecule has 160 valence electrons. The molecule has 0 radical (unpaired) electrons. The molecule has 0 aromatic heterocycles. The van der Waals surface area contributed by atoms with Gasteiger partial charge in [-0.2, -0.15) is 0 Å². The first-order valence-electron chi connectivity index (χ1n) is 11.7. The summed E-state index contributed by atoms with van der Waals surface area (Å²) in [6.07, 6.45) is 10.1. The van der Waals surface area contributed by atoms with Gasteiger partial charge in [-0.15, -0.1) is 0 Å². The topological polar surface area (TPSA) is 41.6 Å². The Morgan fingerprint density at radius 2 is 1.83 bits per heavy atom. The first-order chi connectivity index (χ1) is 13.9. The van der Waals surface area contributed by atoms with E-state index in [2.05, 4.69) is 26.1 Å². The van der Waals surface area contributed by atoms with Gasteiger partial charge in [0.2, 0.25) is 0 Å². The highest BCUT2D eigenvalue weighted by Crippen LogP contribution is 2.66. The molecule has 3 fully saturated rings. The molecule has 3 aliphatic carbocycles. The van der Waals surface area contributed by atoms with Crippen LogP contribution in [0.2, 0.25) is 0 Å². The van der Waals surface area contributed by atoms with Gasteiger partial charge in [0.25, 0.3) is 0 Å². The van der Waals surface area contributed by atoms with Crippen LogP contribution in [0.1, 0.15) is 72.1 Å². The number of carbonyl (C=O) groups is 1. The van der Waals surface area contributed by atoms with Gasteiger partial charge in [-0.25, -0.2) is 4.79 Å². The zero-order chi connectivity index (χ0) is 20.5. The summed E-state index contributed by atoms with van der Waals surface area (Å²) in [6, 6.07) is 10.1. The van der Waals surface area contributed by atoms with Crippen molar-refractivity contribution in [2.75, 3.05) is 18.5 Å². The summed E-state index contributed by atoms with van der Waals surface area (Å²) >= 11 is 0. The van der Waals surface area contributed by atoms with E-state index < -0.39 is 0 Å². The fourth-order valence-electron chi connectivity index (χ4n) is 6.24. The standard InChI is InChI=1S/C25H38N2O2/c1-24(2)19-14-15-25(24,3)22(18-19)29-17-16-27(21-12-8-5-9-13-21)23(28)26-20-10-6-4-7-11-20/h4,6-7,10-11,19,21-22H,5,8-9,12-18H2,1-3H3,(H,26,28). The SMILES string of the molecule is CC1(C)C2CCC1(C)C(OCCN(C(=O)Nc1ccccc1)C1CCCCC1)C2. The number of benzene rings is 1. The lowest BCUT2D eigenvalue weighted by molar-refractivity contribution is -0.0517. The summed E-state index contributed by atoms with van der Waals surface area (Å²) in [4.78, 5) is 15.1. The van der Waals surface area contributed by atoms with Crippen LogP contribution in [0.5, 0.6) is 0 Å². The van der Waals surface area contributed by atoms with Crippen molar-refractivity contribution in [1.82, 2.24) is 4.90 Å². The van der Waals surface area contributed by atoms with Gasteiger partial charge in [0, 0.05) is 18.3 Å². The number of anilines is 1. The maximum absolute atomic E-state index is 13.1. The predicted molar refractivity (Wildman–Crippen MR) is 118 cm³/mol. The van der Waals surface area contributed by atoms with Gasteiger partial charge in [-0.1, -0.05) is 58.2 Å². The van der Waals surface area contributed by atoms with E-state index in [9.17, 15) is 4.79 Å². The van der Waals surface area contributed by atoms with Gasteiger partial charge in [0.15, 0.2) is 0 Å². The number of amides is 2. The lowest BCUT2D eigenvalue weighted by atomic mass is 9.70. The molecule has 3 unspecified atom stereocenters. The van der Waals surface area contributed by atoms with Crippen LogP contribution >= 0.6 is 0 Å². The second-order valence-corrected chi connectivity index (χ2v) is 10.3. The first kappa shape index (κ1) is 20.7. The van der Waals surface area contributed by atoms with Crippen LogP contribution < -0.4 is 5.32 Å². The number of urea groups is 1. The smallest absolute Gasteiger partial charge is 0.322 e. The van der Waals surface area contributed by atoms with Crippen molar-refractivity contribution in [1.29, 1.82) is 0 Å². The molecule has 1 aromatic rings. The van der Waals surface area contributed by atoms with Crippen molar-refractivity contribution >= 4 is 11.7 Å². The van der Waals surface area contributed by atoms with Gasteiger partial charge in [-0.05, 0) is 61.0 Å². The number of rotatable bonds is 6. The van der Waals surface area contributed by atoms with Gasteiger partial charge < -0.3 is 15.0 Å². The van der Waals surface area contributed by atoms with Crippen LogP contribution in [0.25, 0.3) is 0 Å². The number of carbonyl (C=O) groups excluding carboxylic acids is 1. The maximum atomic E-state index is 13.1. The number of nitrogens with zero attached hydrogens (tertiary/aromatic N) is 1.